The van der Waals surface area contributed by atoms with Gasteiger partial charge in [-0.1, -0.05) is 26.0 Å². The van der Waals surface area contributed by atoms with Crippen LogP contribution in [0, 0.1) is 28.1 Å². The van der Waals surface area contributed by atoms with Gasteiger partial charge >= 0.3 is 5.97 Å². The Bertz CT molecular complexity index is 693. The van der Waals surface area contributed by atoms with Gasteiger partial charge in [0.15, 0.2) is 0 Å². The SMILES string of the molecule is COC(=O)C12C=CC(O)C3C(C)(CCc4ccoc4)C(C)CCC31C2. The summed E-state index contributed by atoms with van der Waals surface area (Å²) in [5.74, 6) is 0.472. The van der Waals surface area contributed by atoms with Crippen molar-refractivity contribution in [2.75, 3.05) is 7.11 Å². The second kappa shape index (κ2) is 5.47. The van der Waals surface area contributed by atoms with Crippen LogP contribution in [-0.2, 0) is 16.0 Å². The number of ether oxygens (including phenoxy) is 1. The molecule has 3 aliphatic carbocycles. The van der Waals surface area contributed by atoms with E-state index in [9.17, 15) is 9.90 Å². The maximum absolute atomic E-state index is 12.6. The zero-order valence-electron chi connectivity index (χ0n) is 15.3. The standard InChI is InChI=1S/C21H28O4/c1-14-4-9-20-13-21(20,18(23)24-3)10-6-16(22)17(20)19(14,2)8-5-15-7-11-25-12-15/h6-7,10-12,14,16-17,22H,4-5,8-9,13H2,1-3H3. The zero-order valence-corrected chi connectivity index (χ0v) is 15.3. The van der Waals surface area contributed by atoms with Gasteiger partial charge in [0, 0.05) is 5.92 Å². The number of carbonyl (C=O) groups is 1. The van der Waals surface area contributed by atoms with Crippen molar-refractivity contribution in [3.63, 3.8) is 0 Å². The zero-order chi connectivity index (χ0) is 17.9. The van der Waals surface area contributed by atoms with Gasteiger partial charge in [0.1, 0.15) is 0 Å². The Labute approximate surface area is 149 Å². The summed E-state index contributed by atoms with van der Waals surface area (Å²) in [7, 11) is 1.47. The first kappa shape index (κ1) is 16.9. The maximum Gasteiger partial charge on any atom is 0.316 e. The van der Waals surface area contributed by atoms with Crippen molar-refractivity contribution in [1.29, 1.82) is 0 Å². The fourth-order valence-corrected chi connectivity index (χ4v) is 6.14. The van der Waals surface area contributed by atoms with Crippen LogP contribution in [0.5, 0.6) is 0 Å². The van der Waals surface area contributed by atoms with Crippen LogP contribution in [0.2, 0.25) is 0 Å². The quantitative estimate of drug-likeness (QED) is 0.668. The molecule has 6 unspecified atom stereocenters. The summed E-state index contributed by atoms with van der Waals surface area (Å²) >= 11 is 0. The fourth-order valence-electron chi connectivity index (χ4n) is 6.14. The number of aryl methyl sites for hydroxylation is 1. The first-order valence-electron chi connectivity index (χ1n) is 9.36. The number of methoxy groups -OCH3 is 1. The molecule has 3 aliphatic rings. The van der Waals surface area contributed by atoms with Gasteiger partial charge in [0.25, 0.3) is 0 Å². The maximum atomic E-state index is 12.6. The molecule has 1 heterocycles. The summed E-state index contributed by atoms with van der Waals surface area (Å²) in [6.45, 7) is 4.61. The molecule has 0 aliphatic heterocycles. The van der Waals surface area contributed by atoms with E-state index >= 15 is 0 Å². The second-order valence-corrected chi connectivity index (χ2v) is 8.70. The van der Waals surface area contributed by atoms with Crippen LogP contribution in [0.25, 0.3) is 0 Å². The molecule has 4 heteroatoms. The Kier molecular flexibility index (Phi) is 3.70. The van der Waals surface area contributed by atoms with Crippen LogP contribution in [0.1, 0.15) is 45.1 Å². The molecule has 25 heavy (non-hydrogen) atoms. The molecule has 6 atom stereocenters. The van der Waals surface area contributed by atoms with E-state index in [1.165, 1.54) is 12.7 Å². The molecule has 1 aromatic rings. The Morgan fingerprint density at radius 2 is 2.28 bits per heavy atom. The number of furan rings is 1. The van der Waals surface area contributed by atoms with Crippen molar-refractivity contribution >= 4 is 5.97 Å². The first-order valence-corrected chi connectivity index (χ1v) is 9.36. The van der Waals surface area contributed by atoms with E-state index in [1.807, 2.05) is 18.2 Å². The van der Waals surface area contributed by atoms with Crippen molar-refractivity contribution in [2.24, 2.45) is 28.1 Å². The van der Waals surface area contributed by atoms with E-state index in [0.717, 1.165) is 32.1 Å². The van der Waals surface area contributed by atoms with Crippen LogP contribution in [0.4, 0.5) is 0 Å². The number of carbonyl (C=O) groups excluding carboxylic acids is 1. The van der Waals surface area contributed by atoms with Gasteiger partial charge < -0.3 is 14.3 Å². The molecule has 4 rings (SSSR count). The number of rotatable bonds is 4. The predicted octanol–water partition coefficient (Wildman–Crippen LogP) is 3.74. The van der Waals surface area contributed by atoms with Crippen LogP contribution in [0.3, 0.4) is 0 Å². The molecule has 4 nitrogen and oxygen atoms in total. The highest BCUT2D eigenvalue weighted by atomic mass is 16.5. The number of hydrogen-bond donors (Lipinski definition) is 1. The average molecular weight is 344 g/mol. The lowest BCUT2D eigenvalue weighted by Crippen LogP contribution is -2.53. The number of aliphatic hydroxyl groups excluding tert-OH is 1. The molecule has 1 N–H and O–H groups in total. The third-order valence-corrected chi connectivity index (χ3v) is 7.81. The van der Waals surface area contributed by atoms with E-state index in [0.29, 0.717) is 5.92 Å². The van der Waals surface area contributed by atoms with Gasteiger partial charge in [-0.25, -0.2) is 0 Å². The molecule has 0 saturated heterocycles. The van der Waals surface area contributed by atoms with Crippen LogP contribution >= 0.6 is 0 Å². The van der Waals surface area contributed by atoms with Gasteiger partial charge in [-0.2, -0.15) is 0 Å². The summed E-state index contributed by atoms with van der Waals surface area (Å²) < 4.78 is 10.4. The van der Waals surface area contributed by atoms with Gasteiger partial charge in [0.05, 0.1) is 31.2 Å². The highest BCUT2D eigenvalue weighted by molar-refractivity contribution is 5.85. The summed E-state index contributed by atoms with van der Waals surface area (Å²) in [5.41, 5.74) is 0.535. The summed E-state index contributed by atoms with van der Waals surface area (Å²) in [5, 5.41) is 10.9. The molecule has 1 spiro atoms. The van der Waals surface area contributed by atoms with E-state index in [4.69, 9.17) is 9.15 Å². The number of hydrogen-bond acceptors (Lipinski definition) is 4. The third kappa shape index (κ3) is 2.13. The highest BCUT2D eigenvalue weighted by Gasteiger charge is 2.79. The van der Waals surface area contributed by atoms with Crippen molar-refractivity contribution < 1.29 is 19.1 Å². The molecule has 1 aromatic heterocycles. The Morgan fingerprint density at radius 3 is 2.96 bits per heavy atom. The Hall–Kier alpha value is -1.55. The lowest BCUT2D eigenvalue weighted by atomic mass is 9.50. The average Bonchev–Trinajstić information content (AvgIpc) is 2.98. The first-order chi connectivity index (χ1) is 11.9. The minimum Gasteiger partial charge on any atom is -0.472 e. The largest absolute Gasteiger partial charge is 0.472 e. The van der Waals surface area contributed by atoms with Crippen LogP contribution in [0.15, 0.2) is 35.2 Å². The minimum absolute atomic E-state index is 0.0184. The summed E-state index contributed by atoms with van der Waals surface area (Å²) in [6.07, 6.45) is 11.6. The molecule has 0 bridgehead atoms. The molecule has 2 saturated carbocycles. The van der Waals surface area contributed by atoms with Crippen molar-refractivity contribution in [3.05, 3.63) is 36.3 Å². The monoisotopic (exact) mass is 344 g/mol. The van der Waals surface area contributed by atoms with Crippen molar-refractivity contribution in [3.8, 4) is 0 Å². The Balaban J connectivity index is 1.68. The smallest absolute Gasteiger partial charge is 0.316 e. The van der Waals surface area contributed by atoms with Crippen molar-refractivity contribution in [1.82, 2.24) is 0 Å². The van der Waals surface area contributed by atoms with Crippen LogP contribution in [-0.4, -0.2) is 24.3 Å². The molecule has 136 valence electrons. The van der Waals surface area contributed by atoms with E-state index < -0.39 is 11.5 Å². The summed E-state index contributed by atoms with van der Waals surface area (Å²) in [6, 6.07) is 2.01. The topological polar surface area (TPSA) is 59.7 Å². The molecular weight excluding hydrogens is 316 g/mol. The van der Waals surface area contributed by atoms with E-state index in [2.05, 4.69) is 13.8 Å². The van der Waals surface area contributed by atoms with E-state index in [1.54, 1.807) is 12.5 Å². The number of esters is 1. The lowest BCUT2D eigenvalue weighted by molar-refractivity contribution is -0.152. The fraction of sp³-hybridized carbons (Fsp3) is 0.667. The predicted molar refractivity (Wildman–Crippen MR) is 93.7 cm³/mol. The Morgan fingerprint density at radius 1 is 1.48 bits per heavy atom. The minimum atomic E-state index is -0.511. The van der Waals surface area contributed by atoms with Gasteiger partial charge in [-0.15, -0.1) is 0 Å². The second-order valence-electron chi connectivity index (χ2n) is 8.70. The molecule has 0 aromatic carbocycles. The molecule has 0 radical (unpaired) electrons. The molecule has 2 fully saturated rings. The normalized spacial score (nSPS) is 44.7. The van der Waals surface area contributed by atoms with Crippen LogP contribution < -0.4 is 0 Å². The van der Waals surface area contributed by atoms with Crippen molar-refractivity contribution in [2.45, 2.75) is 52.1 Å². The third-order valence-electron chi connectivity index (χ3n) is 7.81. The molecular formula is C21H28O4. The highest BCUT2D eigenvalue weighted by Crippen LogP contribution is 2.79. The molecule has 0 amide bonds. The van der Waals surface area contributed by atoms with E-state index in [-0.39, 0.29) is 22.7 Å². The van der Waals surface area contributed by atoms with Gasteiger partial charge in [0.2, 0.25) is 0 Å². The van der Waals surface area contributed by atoms with Gasteiger partial charge in [-0.3, -0.25) is 4.79 Å². The van der Waals surface area contributed by atoms with Gasteiger partial charge in [-0.05, 0) is 60.5 Å². The lowest BCUT2D eigenvalue weighted by Gasteiger charge is -2.55. The summed E-state index contributed by atoms with van der Waals surface area (Å²) in [4.78, 5) is 12.6. The number of aliphatic hydroxyl groups is 1.